The fourth-order valence-electron chi connectivity index (χ4n) is 1.24. The summed E-state index contributed by atoms with van der Waals surface area (Å²) in [5.74, 6) is 0. The third kappa shape index (κ3) is 1.50. The second kappa shape index (κ2) is 3.27. The molecule has 0 fully saturated rings. The van der Waals surface area contributed by atoms with Gasteiger partial charge in [0.25, 0.3) is 0 Å². The Kier molecular flexibility index (Phi) is 2.52. The van der Waals surface area contributed by atoms with E-state index in [1.165, 1.54) is 5.69 Å². The lowest BCUT2D eigenvalue weighted by molar-refractivity contribution is 0.400. The van der Waals surface area contributed by atoms with Crippen molar-refractivity contribution in [3.63, 3.8) is 0 Å². The predicted molar refractivity (Wildman–Crippen MR) is 50.0 cm³/mol. The monoisotopic (exact) mass is 167 g/mol. The maximum absolute atomic E-state index is 4.23. The highest BCUT2D eigenvalue weighted by atomic mass is 15.3. The number of aromatic nitrogens is 2. The molecule has 1 aromatic rings. The Morgan fingerprint density at radius 2 is 2.25 bits per heavy atom. The van der Waals surface area contributed by atoms with Gasteiger partial charge in [0.15, 0.2) is 0 Å². The summed E-state index contributed by atoms with van der Waals surface area (Å²) in [4.78, 5) is 0. The summed E-state index contributed by atoms with van der Waals surface area (Å²) in [7, 11) is 1.97. The quantitative estimate of drug-likeness (QED) is 0.736. The molecule has 0 saturated carbocycles. The van der Waals surface area contributed by atoms with Gasteiger partial charge in [-0.1, -0.05) is 0 Å². The van der Waals surface area contributed by atoms with Crippen molar-refractivity contribution < 1.29 is 0 Å². The Morgan fingerprint density at radius 1 is 1.58 bits per heavy atom. The van der Waals surface area contributed by atoms with Crippen LogP contribution in [0, 0.1) is 0 Å². The first kappa shape index (κ1) is 9.26. The zero-order valence-corrected chi connectivity index (χ0v) is 8.26. The number of rotatable bonds is 3. The van der Waals surface area contributed by atoms with Gasteiger partial charge >= 0.3 is 0 Å². The number of nitrogens with zero attached hydrogens (tertiary/aromatic N) is 2. The highest BCUT2D eigenvalue weighted by Crippen LogP contribution is 2.18. The molecule has 68 valence electrons. The smallest absolute Gasteiger partial charge is 0.0579 e. The summed E-state index contributed by atoms with van der Waals surface area (Å²) >= 11 is 0. The van der Waals surface area contributed by atoms with Gasteiger partial charge in [0, 0.05) is 12.7 Å². The molecule has 3 nitrogen and oxygen atoms in total. The Labute approximate surface area is 73.8 Å². The minimum Gasteiger partial charge on any atom is -0.310 e. The summed E-state index contributed by atoms with van der Waals surface area (Å²) < 4.78 is 2.01. The largest absolute Gasteiger partial charge is 0.310 e. The van der Waals surface area contributed by atoms with Gasteiger partial charge < -0.3 is 5.32 Å². The van der Waals surface area contributed by atoms with Crippen LogP contribution in [0.1, 0.15) is 26.5 Å². The molecule has 0 aliphatic heterocycles. The van der Waals surface area contributed by atoms with Gasteiger partial charge in [-0.05, 0) is 33.9 Å². The van der Waals surface area contributed by atoms with E-state index in [0.29, 0.717) is 0 Å². The van der Waals surface area contributed by atoms with Crippen LogP contribution < -0.4 is 5.32 Å². The summed E-state index contributed by atoms with van der Waals surface area (Å²) in [6.07, 6.45) is 1.85. The van der Waals surface area contributed by atoms with Gasteiger partial charge in [-0.2, -0.15) is 5.10 Å². The standard InChI is InChI=1S/C9H17N3/c1-5-12-8(6-7-11-12)9(2,3)10-4/h6-7,10H,5H2,1-4H3. The molecule has 0 radical (unpaired) electrons. The van der Waals surface area contributed by atoms with E-state index in [2.05, 4.69) is 37.3 Å². The molecule has 0 amide bonds. The molecule has 0 aliphatic rings. The van der Waals surface area contributed by atoms with Crippen molar-refractivity contribution in [2.75, 3.05) is 7.05 Å². The fourth-order valence-corrected chi connectivity index (χ4v) is 1.24. The minimum absolute atomic E-state index is 0.00646. The van der Waals surface area contributed by atoms with E-state index in [9.17, 15) is 0 Å². The van der Waals surface area contributed by atoms with Crippen LogP contribution in [-0.2, 0) is 12.1 Å². The van der Waals surface area contributed by atoms with Gasteiger partial charge in [-0.15, -0.1) is 0 Å². The van der Waals surface area contributed by atoms with Crippen molar-refractivity contribution in [2.45, 2.75) is 32.9 Å². The zero-order valence-electron chi connectivity index (χ0n) is 8.26. The molecule has 0 aliphatic carbocycles. The average Bonchev–Trinajstić information content (AvgIpc) is 2.52. The molecule has 0 unspecified atom stereocenters. The maximum atomic E-state index is 4.23. The van der Waals surface area contributed by atoms with Crippen LogP contribution in [0.25, 0.3) is 0 Å². The Bertz CT molecular complexity index is 250. The van der Waals surface area contributed by atoms with Crippen molar-refractivity contribution in [2.24, 2.45) is 0 Å². The SMILES string of the molecule is CCn1nccc1C(C)(C)NC. The Balaban J connectivity index is 3.00. The third-order valence-electron chi connectivity index (χ3n) is 2.28. The van der Waals surface area contributed by atoms with E-state index in [4.69, 9.17) is 0 Å². The van der Waals surface area contributed by atoms with Gasteiger partial charge in [-0.3, -0.25) is 4.68 Å². The summed E-state index contributed by atoms with van der Waals surface area (Å²) in [6, 6.07) is 2.06. The molecule has 1 rings (SSSR count). The number of nitrogens with one attached hydrogen (secondary N) is 1. The molecule has 1 aromatic heterocycles. The first-order chi connectivity index (χ1) is 5.61. The summed E-state index contributed by atoms with van der Waals surface area (Å²) in [5.41, 5.74) is 1.24. The van der Waals surface area contributed by atoms with Crippen molar-refractivity contribution in [1.82, 2.24) is 15.1 Å². The van der Waals surface area contributed by atoms with E-state index in [-0.39, 0.29) is 5.54 Å². The molecule has 3 heteroatoms. The van der Waals surface area contributed by atoms with Crippen LogP contribution in [0.5, 0.6) is 0 Å². The first-order valence-corrected chi connectivity index (χ1v) is 4.33. The normalized spacial score (nSPS) is 12.0. The van der Waals surface area contributed by atoms with Crippen LogP contribution in [0.15, 0.2) is 12.3 Å². The van der Waals surface area contributed by atoms with Crippen molar-refractivity contribution in [1.29, 1.82) is 0 Å². The average molecular weight is 167 g/mol. The molecular formula is C9H17N3. The molecule has 0 aromatic carbocycles. The van der Waals surface area contributed by atoms with Gasteiger partial charge in [0.05, 0.1) is 11.2 Å². The molecule has 0 atom stereocenters. The number of aryl methyl sites for hydroxylation is 1. The lowest BCUT2D eigenvalue weighted by atomic mass is 10.0. The van der Waals surface area contributed by atoms with Crippen LogP contribution in [-0.4, -0.2) is 16.8 Å². The Morgan fingerprint density at radius 3 is 2.75 bits per heavy atom. The van der Waals surface area contributed by atoms with Crippen LogP contribution in [0.4, 0.5) is 0 Å². The Hall–Kier alpha value is -0.830. The van der Waals surface area contributed by atoms with Crippen molar-refractivity contribution >= 4 is 0 Å². The van der Waals surface area contributed by atoms with Gasteiger partial charge in [-0.25, -0.2) is 0 Å². The van der Waals surface area contributed by atoms with E-state index in [0.717, 1.165) is 6.54 Å². The van der Waals surface area contributed by atoms with E-state index < -0.39 is 0 Å². The number of hydrogen-bond acceptors (Lipinski definition) is 2. The van der Waals surface area contributed by atoms with Crippen LogP contribution in [0.2, 0.25) is 0 Å². The highest BCUT2D eigenvalue weighted by Gasteiger charge is 2.21. The highest BCUT2D eigenvalue weighted by molar-refractivity contribution is 5.11. The molecule has 0 bridgehead atoms. The van der Waals surface area contributed by atoms with Crippen molar-refractivity contribution in [3.8, 4) is 0 Å². The molecule has 12 heavy (non-hydrogen) atoms. The second-order valence-corrected chi connectivity index (χ2v) is 3.41. The van der Waals surface area contributed by atoms with Crippen LogP contribution in [0.3, 0.4) is 0 Å². The van der Waals surface area contributed by atoms with Crippen molar-refractivity contribution in [3.05, 3.63) is 18.0 Å². The number of hydrogen-bond donors (Lipinski definition) is 1. The van der Waals surface area contributed by atoms with Gasteiger partial charge in [0.1, 0.15) is 0 Å². The molecule has 0 saturated heterocycles. The zero-order chi connectivity index (χ0) is 9.19. The van der Waals surface area contributed by atoms with Crippen LogP contribution >= 0.6 is 0 Å². The van der Waals surface area contributed by atoms with E-state index >= 15 is 0 Å². The first-order valence-electron chi connectivity index (χ1n) is 4.33. The summed E-state index contributed by atoms with van der Waals surface area (Å²) in [5, 5.41) is 7.48. The minimum atomic E-state index is 0.00646. The summed E-state index contributed by atoms with van der Waals surface area (Å²) in [6.45, 7) is 7.32. The third-order valence-corrected chi connectivity index (χ3v) is 2.28. The van der Waals surface area contributed by atoms with Gasteiger partial charge in [0.2, 0.25) is 0 Å². The molecule has 1 heterocycles. The van der Waals surface area contributed by atoms with E-state index in [1.807, 2.05) is 17.9 Å². The maximum Gasteiger partial charge on any atom is 0.0579 e. The lowest BCUT2D eigenvalue weighted by Crippen LogP contribution is -2.35. The molecule has 0 spiro atoms. The molecule has 1 N–H and O–H groups in total. The lowest BCUT2D eigenvalue weighted by Gasteiger charge is -2.24. The predicted octanol–water partition coefficient (Wildman–Crippen LogP) is 1.36. The second-order valence-electron chi connectivity index (χ2n) is 3.41. The molecular weight excluding hydrogens is 150 g/mol. The fraction of sp³-hybridized carbons (Fsp3) is 0.667. The van der Waals surface area contributed by atoms with E-state index in [1.54, 1.807) is 0 Å². The topological polar surface area (TPSA) is 29.9 Å².